The van der Waals surface area contributed by atoms with Crippen molar-refractivity contribution in [2.24, 2.45) is 0 Å². The van der Waals surface area contributed by atoms with Gasteiger partial charge in [-0.25, -0.2) is 4.79 Å². The molecule has 0 aliphatic carbocycles. The second kappa shape index (κ2) is 13.6. The predicted octanol–water partition coefficient (Wildman–Crippen LogP) is 6.05. The van der Waals surface area contributed by atoms with E-state index in [1.807, 2.05) is 0 Å². The highest BCUT2D eigenvalue weighted by atomic mass is 32.2. The molecule has 17 heteroatoms. The van der Waals surface area contributed by atoms with Crippen molar-refractivity contribution < 1.29 is 50.5 Å². The number of fused-ring (bicyclic) bond motifs is 2. The lowest BCUT2D eigenvalue weighted by molar-refractivity contribution is 0.101. The van der Waals surface area contributed by atoms with Crippen LogP contribution in [0.3, 0.4) is 0 Å². The third kappa shape index (κ3) is 7.32. The van der Waals surface area contributed by atoms with Crippen LogP contribution < -0.4 is 21.3 Å². The molecule has 52 heavy (non-hydrogen) atoms. The Kier molecular flexibility index (Phi) is 9.26. The minimum absolute atomic E-state index is 0.0106. The molecule has 0 aliphatic rings. The first-order valence-electron chi connectivity index (χ1n) is 15.0. The Balaban J connectivity index is 1.17. The molecule has 4 amide bonds. The molecule has 0 aromatic heterocycles. The zero-order valence-electron chi connectivity index (χ0n) is 26.4. The van der Waals surface area contributed by atoms with Gasteiger partial charge in [0.25, 0.3) is 32.1 Å². The molecule has 0 radical (unpaired) electrons. The zero-order chi connectivity index (χ0) is 37.4. The molecular weight excluding hydrogens is 717 g/mol. The van der Waals surface area contributed by atoms with Crippen LogP contribution in [0.1, 0.15) is 20.7 Å². The smallest absolute Gasteiger partial charge is 0.323 e. The van der Waals surface area contributed by atoms with Gasteiger partial charge in [-0.3, -0.25) is 18.7 Å². The van der Waals surface area contributed by atoms with Crippen LogP contribution in [-0.2, 0) is 20.2 Å². The summed E-state index contributed by atoms with van der Waals surface area (Å²) in [5.74, 6) is -2.77. The standard InChI is InChI=1S/C35H26N4O11S2/c40-31-25-13-3-1-11-23(25)27(17-29(31)51(45,46)47)38-33(42)19-7-5-9-21(15-19)36-35(44)37-22-10-6-8-20(16-22)34(43)39-28-18-30(52(48,49)50)32(41)26-14-4-2-12-24(26)28/h1-18,40-41H,(H,38,42)(H,39,43)(H2,36,37,44)(H,45,46,47)(H,48,49,50). The molecule has 0 bridgehead atoms. The highest BCUT2D eigenvalue weighted by Crippen LogP contribution is 2.38. The fourth-order valence-electron chi connectivity index (χ4n) is 5.43. The topological polar surface area (TPSA) is 249 Å². The number of carbonyl (C=O) groups excluding carboxylic acids is 3. The van der Waals surface area contributed by atoms with Gasteiger partial charge in [0.05, 0.1) is 11.4 Å². The van der Waals surface area contributed by atoms with Gasteiger partial charge in [0.1, 0.15) is 21.3 Å². The van der Waals surface area contributed by atoms with Crippen molar-refractivity contribution in [3.05, 3.63) is 120 Å². The van der Waals surface area contributed by atoms with Crippen molar-refractivity contribution in [1.29, 1.82) is 0 Å². The first-order valence-corrected chi connectivity index (χ1v) is 17.8. The lowest BCUT2D eigenvalue weighted by atomic mass is 10.1. The third-order valence-corrected chi connectivity index (χ3v) is 9.51. The second-order valence-electron chi connectivity index (χ2n) is 11.2. The van der Waals surface area contributed by atoms with E-state index in [0.717, 1.165) is 12.1 Å². The number of hydrogen-bond donors (Lipinski definition) is 8. The largest absolute Gasteiger partial charge is 0.506 e. The Morgan fingerprint density at radius 3 is 1.19 bits per heavy atom. The molecule has 0 saturated heterocycles. The Morgan fingerprint density at radius 1 is 0.462 bits per heavy atom. The van der Waals surface area contributed by atoms with Crippen LogP contribution in [0.2, 0.25) is 0 Å². The summed E-state index contributed by atoms with van der Waals surface area (Å²) in [5.41, 5.74) is 0.457. The summed E-state index contributed by atoms with van der Waals surface area (Å²) in [5, 5.41) is 31.8. The van der Waals surface area contributed by atoms with Crippen LogP contribution in [0, 0.1) is 0 Å². The number of phenols is 2. The van der Waals surface area contributed by atoms with E-state index in [9.17, 15) is 50.5 Å². The van der Waals surface area contributed by atoms with Gasteiger partial charge in [0, 0.05) is 44.0 Å². The molecule has 6 aromatic rings. The molecule has 264 valence electrons. The quantitative estimate of drug-likeness (QED) is 0.0659. The van der Waals surface area contributed by atoms with Gasteiger partial charge in [-0.2, -0.15) is 16.8 Å². The van der Waals surface area contributed by atoms with E-state index in [1.54, 1.807) is 12.1 Å². The number of nitrogens with one attached hydrogen (secondary N) is 4. The number of phenolic OH excluding ortho intramolecular Hbond substituents is 2. The highest BCUT2D eigenvalue weighted by Gasteiger charge is 2.23. The number of anilines is 4. The van der Waals surface area contributed by atoms with E-state index in [4.69, 9.17) is 0 Å². The van der Waals surface area contributed by atoms with Crippen molar-refractivity contribution in [1.82, 2.24) is 0 Å². The normalized spacial score (nSPS) is 11.6. The van der Waals surface area contributed by atoms with Crippen LogP contribution in [0.15, 0.2) is 119 Å². The van der Waals surface area contributed by atoms with Crippen LogP contribution in [0.4, 0.5) is 27.5 Å². The molecule has 0 atom stereocenters. The second-order valence-corrected chi connectivity index (χ2v) is 14.0. The first kappa shape index (κ1) is 35.3. The summed E-state index contributed by atoms with van der Waals surface area (Å²) < 4.78 is 66.8. The van der Waals surface area contributed by atoms with Crippen molar-refractivity contribution in [2.45, 2.75) is 9.79 Å². The molecule has 0 fully saturated rings. The van der Waals surface area contributed by atoms with Crippen molar-refractivity contribution in [3.63, 3.8) is 0 Å². The fraction of sp³-hybridized carbons (Fsp3) is 0. The summed E-state index contributed by atoms with van der Waals surface area (Å²) >= 11 is 0. The summed E-state index contributed by atoms with van der Waals surface area (Å²) in [4.78, 5) is 37.8. The summed E-state index contributed by atoms with van der Waals surface area (Å²) in [7, 11) is -9.69. The zero-order valence-corrected chi connectivity index (χ0v) is 28.0. The predicted molar refractivity (Wildman–Crippen MR) is 192 cm³/mol. The Morgan fingerprint density at radius 2 is 0.827 bits per heavy atom. The van der Waals surface area contributed by atoms with Crippen molar-refractivity contribution >= 4 is 82.4 Å². The summed E-state index contributed by atoms with van der Waals surface area (Å²) in [6.07, 6.45) is 0. The monoisotopic (exact) mass is 742 g/mol. The molecule has 0 saturated carbocycles. The van der Waals surface area contributed by atoms with E-state index in [-0.39, 0.29) is 44.6 Å². The van der Waals surface area contributed by atoms with Gasteiger partial charge in [0.2, 0.25) is 0 Å². The maximum atomic E-state index is 13.2. The van der Waals surface area contributed by atoms with Crippen molar-refractivity contribution in [3.8, 4) is 11.5 Å². The van der Waals surface area contributed by atoms with E-state index in [2.05, 4.69) is 21.3 Å². The molecule has 8 N–H and O–H groups in total. The van der Waals surface area contributed by atoms with E-state index in [1.165, 1.54) is 84.9 Å². The van der Waals surface area contributed by atoms with Gasteiger partial charge in [-0.15, -0.1) is 0 Å². The molecule has 6 aromatic carbocycles. The number of amides is 4. The van der Waals surface area contributed by atoms with Gasteiger partial charge in [-0.1, -0.05) is 60.7 Å². The van der Waals surface area contributed by atoms with Gasteiger partial charge >= 0.3 is 6.03 Å². The molecular formula is C35H26N4O11S2. The average molecular weight is 743 g/mol. The maximum Gasteiger partial charge on any atom is 0.323 e. The summed E-state index contributed by atoms with van der Waals surface area (Å²) in [6, 6.07) is 24.8. The Hall–Kier alpha value is -6.53. The Labute approximate surface area is 295 Å². The maximum absolute atomic E-state index is 13.2. The molecule has 0 spiro atoms. The van der Waals surface area contributed by atoms with Gasteiger partial charge < -0.3 is 31.5 Å². The lowest BCUT2D eigenvalue weighted by Gasteiger charge is -2.14. The van der Waals surface area contributed by atoms with E-state index < -0.39 is 59.4 Å². The summed E-state index contributed by atoms with van der Waals surface area (Å²) in [6.45, 7) is 0. The minimum atomic E-state index is -4.85. The van der Waals surface area contributed by atoms with E-state index in [0.29, 0.717) is 10.8 Å². The van der Waals surface area contributed by atoms with Crippen LogP contribution in [-0.4, -0.2) is 54.0 Å². The van der Waals surface area contributed by atoms with Crippen LogP contribution in [0.25, 0.3) is 21.5 Å². The minimum Gasteiger partial charge on any atom is -0.506 e. The lowest BCUT2D eigenvalue weighted by Crippen LogP contribution is -2.20. The van der Waals surface area contributed by atoms with Gasteiger partial charge in [-0.05, 0) is 48.5 Å². The molecule has 0 heterocycles. The number of carbonyl (C=O) groups is 3. The molecule has 15 nitrogen and oxygen atoms in total. The Bertz CT molecular complexity index is 2500. The number of urea groups is 1. The van der Waals surface area contributed by atoms with Crippen LogP contribution >= 0.6 is 0 Å². The number of hydrogen-bond acceptors (Lipinski definition) is 9. The van der Waals surface area contributed by atoms with Crippen molar-refractivity contribution in [2.75, 3.05) is 21.3 Å². The SMILES string of the molecule is O=C(Nc1cccc(C(=O)Nc2cc(S(=O)(=O)O)c(O)c3ccccc23)c1)Nc1cccc(C(=O)Nc2cc(S(=O)(=O)O)c(O)c3ccccc23)c1. The molecule has 0 aliphatic heterocycles. The average Bonchev–Trinajstić information content (AvgIpc) is 3.10. The molecule has 6 rings (SSSR count). The third-order valence-electron chi connectivity index (χ3n) is 7.78. The fourth-order valence-corrected chi connectivity index (χ4v) is 6.67. The number of benzene rings is 6. The number of aromatic hydroxyl groups is 2. The number of rotatable bonds is 8. The van der Waals surface area contributed by atoms with Crippen LogP contribution in [0.5, 0.6) is 11.5 Å². The highest BCUT2D eigenvalue weighted by molar-refractivity contribution is 7.86. The van der Waals surface area contributed by atoms with Gasteiger partial charge in [0.15, 0.2) is 0 Å². The van der Waals surface area contributed by atoms with E-state index >= 15 is 0 Å². The first-order chi connectivity index (χ1) is 24.6. The molecule has 0 unspecified atom stereocenters.